The first-order chi connectivity index (χ1) is 6.45. The molecule has 0 bridgehead atoms. The van der Waals surface area contributed by atoms with E-state index in [2.05, 4.69) is 9.97 Å². The summed E-state index contributed by atoms with van der Waals surface area (Å²) in [5, 5.41) is 0. The van der Waals surface area contributed by atoms with Gasteiger partial charge in [0.25, 0.3) is 0 Å². The Labute approximate surface area is 74.8 Å². The molecule has 64 valence electrons. The SMILES string of the molecule is c1cnc2c(c1)OCc1nccn1-2. The van der Waals surface area contributed by atoms with Gasteiger partial charge in [-0.2, -0.15) is 0 Å². The minimum Gasteiger partial charge on any atom is -0.482 e. The lowest BCUT2D eigenvalue weighted by atomic mass is 10.4. The zero-order chi connectivity index (χ0) is 8.67. The molecule has 0 radical (unpaired) electrons. The third kappa shape index (κ3) is 0.853. The van der Waals surface area contributed by atoms with Gasteiger partial charge in [0.1, 0.15) is 6.61 Å². The molecule has 3 rings (SSSR count). The molecule has 2 aromatic rings. The molecule has 2 aromatic heterocycles. The Morgan fingerprint density at radius 2 is 2.31 bits per heavy atom. The molecule has 0 unspecified atom stereocenters. The lowest BCUT2D eigenvalue weighted by Gasteiger charge is -2.17. The van der Waals surface area contributed by atoms with E-state index in [1.807, 2.05) is 22.9 Å². The molecule has 0 aliphatic carbocycles. The predicted octanol–water partition coefficient (Wildman–Crippen LogP) is 1.16. The lowest BCUT2D eigenvalue weighted by molar-refractivity contribution is 0.277. The summed E-state index contributed by atoms with van der Waals surface area (Å²) in [6.45, 7) is 0.520. The van der Waals surface area contributed by atoms with Crippen molar-refractivity contribution in [2.24, 2.45) is 0 Å². The molecular formula is C9H7N3O. The van der Waals surface area contributed by atoms with E-state index < -0.39 is 0 Å². The van der Waals surface area contributed by atoms with Crippen LogP contribution in [-0.4, -0.2) is 14.5 Å². The van der Waals surface area contributed by atoms with Gasteiger partial charge in [-0.3, -0.25) is 4.57 Å². The largest absolute Gasteiger partial charge is 0.482 e. The maximum Gasteiger partial charge on any atom is 0.181 e. The predicted molar refractivity (Wildman–Crippen MR) is 45.7 cm³/mol. The fourth-order valence-corrected chi connectivity index (χ4v) is 1.45. The third-order valence-corrected chi connectivity index (χ3v) is 2.05. The average molecular weight is 173 g/mol. The summed E-state index contributed by atoms with van der Waals surface area (Å²) >= 11 is 0. The minimum atomic E-state index is 0.520. The second-order valence-corrected chi connectivity index (χ2v) is 2.83. The highest BCUT2D eigenvalue weighted by Gasteiger charge is 2.16. The van der Waals surface area contributed by atoms with Crippen molar-refractivity contribution in [3.63, 3.8) is 0 Å². The molecule has 0 fully saturated rings. The highest BCUT2D eigenvalue weighted by molar-refractivity contribution is 5.42. The topological polar surface area (TPSA) is 39.9 Å². The maximum atomic E-state index is 5.46. The summed E-state index contributed by atoms with van der Waals surface area (Å²) in [4.78, 5) is 8.38. The average Bonchev–Trinajstić information content (AvgIpc) is 2.65. The van der Waals surface area contributed by atoms with Gasteiger partial charge in [0.15, 0.2) is 17.4 Å². The first-order valence-electron chi connectivity index (χ1n) is 4.05. The van der Waals surface area contributed by atoms with Gasteiger partial charge in [-0.25, -0.2) is 9.97 Å². The van der Waals surface area contributed by atoms with E-state index in [0.717, 1.165) is 17.4 Å². The van der Waals surface area contributed by atoms with Crippen LogP contribution < -0.4 is 4.74 Å². The molecule has 0 atom stereocenters. The Bertz CT molecular complexity index is 450. The molecule has 0 amide bonds. The summed E-state index contributed by atoms with van der Waals surface area (Å²) in [5.41, 5.74) is 0. The van der Waals surface area contributed by atoms with Crippen LogP contribution in [0.15, 0.2) is 30.7 Å². The number of pyridine rings is 1. The first kappa shape index (κ1) is 6.65. The quantitative estimate of drug-likeness (QED) is 0.600. The maximum absolute atomic E-state index is 5.46. The summed E-state index contributed by atoms with van der Waals surface area (Å²) in [5.74, 6) is 2.53. The lowest BCUT2D eigenvalue weighted by Crippen LogP contribution is -2.13. The number of rotatable bonds is 0. The summed E-state index contributed by atoms with van der Waals surface area (Å²) in [7, 11) is 0. The minimum absolute atomic E-state index is 0.520. The van der Waals surface area contributed by atoms with E-state index in [-0.39, 0.29) is 0 Å². The Morgan fingerprint density at radius 1 is 1.31 bits per heavy atom. The van der Waals surface area contributed by atoms with Crippen LogP contribution in [0.5, 0.6) is 5.75 Å². The first-order valence-corrected chi connectivity index (χ1v) is 4.05. The van der Waals surface area contributed by atoms with Gasteiger partial charge in [-0.05, 0) is 12.1 Å². The number of fused-ring (bicyclic) bond motifs is 3. The van der Waals surface area contributed by atoms with E-state index in [9.17, 15) is 0 Å². The van der Waals surface area contributed by atoms with Crippen molar-refractivity contribution in [2.75, 3.05) is 0 Å². The van der Waals surface area contributed by atoms with Crippen LogP contribution >= 0.6 is 0 Å². The summed E-state index contributed by atoms with van der Waals surface area (Å²) in [6.07, 6.45) is 5.39. The van der Waals surface area contributed by atoms with E-state index >= 15 is 0 Å². The number of hydrogen-bond donors (Lipinski definition) is 0. The van der Waals surface area contributed by atoms with Crippen molar-refractivity contribution >= 4 is 0 Å². The molecule has 13 heavy (non-hydrogen) atoms. The number of hydrogen-bond acceptors (Lipinski definition) is 3. The van der Waals surface area contributed by atoms with E-state index in [4.69, 9.17) is 4.74 Å². The van der Waals surface area contributed by atoms with Crippen LogP contribution in [0, 0.1) is 0 Å². The van der Waals surface area contributed by atoms with Crippen molar-refractivity contribution in [2.45, 2.75) is 6.61 Å². The van der Waals surface area contributed by atoms with E-state index in [0.29, 0.717) is 6.61 Å². The monoisotopic (exact) mass is 173 g/mol. The molecule has 0 N–H and O–H groups in total. The second kappa shape index (κ2) is 2.32. The van der Waals surface area contributed by atoms with Crippen LogP contribution in [0.3, 0.4) is 0 Å². The summed E-state index contributed by atoms with van der Waals surface area (Å²) in [6, 6.07) is 3.77. The van der Waals surface area contributed by atoms with Crippen LogP contribution in [0.2, 0.25) is 0 Å². The second-order valence-electron chi connectivity index (χ2n) is 2.83. The highest BCUT2D eigenvalue weighted by Crippen LogP contribution is 2.25. The smallest absolute Gasteiger partial charge is 0.181 e. The van der Waals surface area contributed by atoms with Crippen LogP contribution in [-0.2, 0) is 6.61 Å². The van der Waals surface area contributed by atoms with Crippen molar-refractivity contribution in [3.8, 4) is 11.6 Å². The molecular weight excluding hydrogens is 166 g/mol. The Hall–Kier alpha value is -1.84. The summed E-state index contributed by atoms with van der Waals surface area (Å²) < 4.78 is 7.41. The molecule has 0 aromatic carbocycles. The van der Waals surface area contributed by atoms with Gasteiger partial charge in [-0.1, -0.05) is 0 Å². The third-order valence-electron chi connectivity index (χ3n) is 2.05. The van der Waals surface area contributed by atoms with Gasteiger partial charge in [0.05, 0.1) is 0 Å². The molecule has 0 saturated heterocycles. The van der Waals surface area contributed by atoms with Crippen molar-refractivity contribution in [1.29, 1.82) is 0 Å². The van der Waals surface area contributed by atoms with Gasteiger partial charge in [0, 0.05) is 18.6 Å². The van der Waals surface area contributed by atoms with Gasteiger partial charge in [-0.15, -0.1) is 0 Å². The van der Waals surface area contributed by atoms with Crippen molar-refractivity contribution in [1.82, 2.24) is 14.5 Å². The van der Waals surface area contributed by atoms with Gasteiger partial charge < -0.3 is 4.74 Å². The number of imidazole rings is 1. The van der Waals surface area contributed by atoms with Gasteiger partial charge >= 0.3 is 0 Å². The van der Waals surface area contributed by atoms with Crippen molar-refractivity contribution in [3.05, 3.63) is 36.5 Å². The highest BCUT2D eigenvalue weighted by atomic mass is 16.5. The van der Waals surface area contributed by atoms with Gasteiger partial charge in [0.2, 0.25) is 0 Å². The Balaban J connectivity index is 2.30. The fraction of sp³-hybridized carbons (Fsp3) is 0.111. The van der Waals surface area contributed by atoms with Crippen LogP contribution in [0.4, 0.5) is 0 Å². The molecule has 1 aliphatic heterocycles. The number of nitrogens with zero attached hydrogens (tertiary/aromatic N) is 3. The van der Waals surface area contributed by atoms with E-state index in [1.165, 1.54) is 0 Å². The standard InChI is InChI=1S/C9H7N3O/c1-2-7-9(11-3-1)12-5-4-10-8(12)6-13-7/h1-5H,6H2. The van der Waals surface area contributed by atoms with E-state index in [1.54, 1.807) is 12.4 Å². The zero-order valence-corrected chi connectivity index (χ0v) is 6.84. The number of ether oxygens (including phenoxy) is 1. The number of aromatic nitrogens is 3. The Morgan fingerprint density at radius 3 is 3.31 bits per heavy atom. The molecule has 0 spiro atoms. The fourth-order valence-electron chi connectivity index (χ4n) is 1.45. The zero-order valence-electron chi connectivity index (χ0n) is 6.84. The molecule has 4 nitrogen and oxygen atoms in total. The molecule has 3 heterocycles. The Kier molecular flexibility index (Phi) is 1.19. The normalized spacial score (nSPS) is 12.9. The molecule has 1 aliphatic rings. The molecule has 0 saturated carbocycles. The van der Waals surface area contributed by atoms with Crippen LogP contribution in [0.1, 0.15) is 5.82 Å². The van der Waals surface area contributed by atoms with Crippen molar-refractivity contribution < 1.29 is 4.74 Å². The van der Waals surface area contributed by atoms with Crippen LogP contribution in [0.25, 0.3) is 5.82 Å². The molecule has 4 heteroatoms.